The van der Waals surface area contributed by atoms with Gasteiger partial charge >= 0.3 is 11.9 Å². The summed E-state index contributed by atoms with van der Waals surface area (Å²) in [7, 11) is 5.25. The number of rotatable bonds is 23. The average Bonchev–Trinajstić information content (AvgIpc) is 2.19. The number of benzene rings is 8. The molecule has 11 rings (SSSR count). The summed E-state index contributed by atoms with van der Waals surface area (Å²) in [5.41, 5.74) is 10.5. The number of carbonyl (C=O) groups is 5. The van der Waals surface area contributed by atoms with Gasteiger partial charge in [-0.3, -0.25) is 24.0 Å². The minimum absolute atomic E-state index is 0.0280. The van der Waals surface area contributed by atoms with E-state index in [1.807, 2.05) is 182 Å². The van der Waals surface area contributed by atoms with Gasteiger partial charge in [0, 0.05) is 90.8 Å². The first kappa shape index (κ1) is 65.8. The maximum absolute atomic E-state index is 13.0. The quantitative estimate of drug-likeness (QED) is 0.0573. The number of carboxylic acids is 1. The first-order valence-corrected chi connectivity index (χ1v) is 30.1. The number of esters is 1. The molecule has 0 radical (unpaired) electrons. The van der Waals surface area contributed by atoms with E-state index in [-0.39, 0.29) is 42.3 Å². The lowest BCUT2D eigenvalue weighted by molar-refractivity contribution is -0.142. The van der Waals surface area contributed by atoms with Gasteiger partial charge in [-0.15, -0.1) is 0 Å². The van der Waals surface area contributed by atoms with Gasteiger partial charge < -0.3 is 52.4 Å². The summed E-state index contributed by atoms with van der Waals surface area (Å²) in [5.74, 6) is 2.48. The van der Waals surface area contributed by atoms with Crippen molar-refractivity contribution >= 4 is 29.7 Å². The molecule has 0 aliphatic rings. The minimum atomic E-state index is -0.869. The van der Waals surface area contributed by atoms with Gasteiger partial charge in [-0.1, -0.05) is 140 Å². The van der Waals surface area contributed by atoms with E-state index in [2.05, 4.69) is 0 Å². The third kappa shape index (κ3) is 18.9. The number of aliphatic carboxylic acids is 1. The number of nitrogens with zero attached hydrogens (tertiary/aromatic N) is 3. The summed E-state index contributed by atoms with van der Waals surface area (Å²) in [6.07, 6.45) is 5.07. The lowest BCUT2D eigenvalue weighted by atomic mass is 10.1. The van der Waals surface area contributed by atoms with Crippen LogP contribution in [0.4, 0.5) is 0 Å². The summed E-state index contributed by atoms with van der Waals surface area (Å²) >= 11 is 0. The van der Waals surface area contributed by atoms with Crippen molar-refractivity contribution in [3.05, 3.63) is 305 Å². The van der Waals surface area contributed by atoms with Crippen LogP contribution in [0.15, 0.2) is 263 Å². The second-order valence-corrected chi connectivity index (χ2v) is 21.8. The molecular formula is C77H71N3O13. The Labute approximate surface area is 540 Å². The zero-order valence-corrected chi connectivity index (χ0v) is 52.1. The Morgan fingerprint density at radius 2 is 0.753 bits per heavy atom. The monoisotopic (exact) mass is 1250 g/mol. The predicted molar refractivity (Wildman–Crippen MR) is 354 cm³/mol. The number of aromatic hydroxyl groups is 1. The number of phenols is 1. The first-order valence-electron chi connectivity index (χ1n) is 30.1. The van der Waals surface area contributed by atoms with Crippen LogP contribution in [-0.4, -0.2) is 82.3 Å². The molecule has 0 spiro atoms. The van der Waals surface area contributed by atoms with Gasteiger partial charge in [-0.05, 0) is 120 Å². The van der Waals surface area contributed by atoms with Gasteiger partial charge in [0.05, 0.1) is 38.2 Å². The van der Waals surface area contributed by atoms with E-state index in [1.54, 1.807) is 110 Å². The van der Waals surface area contributed by atoms with E-state index in [0.717, 1.165) is 72.9 Å². The number of para-hydroxylation sites is 3. The summed E-state index contributed by atoms with van der Waals surface area (Å²) in [6.45, 7) is 3.95. The highest BCUT2D eigenvalue weighted by Crippen LogP contribution is 2.28. The number of phenolic OH excluding ortho intramolecular Hbond substituents is 1. The molecular weight excluding hydrogens is 1170 g/mol. The highest BCUT2D eigenvalue weighted by molar-refractivity contribution is 5.96. The van der Waals surface area contributed by atoms with Crippen LogP contribution in [0.3, 0.4) is 0 Å². The van der Waals surface area contributed by atoms with E-state index in [4.69, 9.17) is 32.6 Å². The molecule has 3 amide bonds. The highest BCUT2D eigenvalue weighted by atomic mass is 16.5. The van der Waals surface area contributed by atoms with Crippen LogP contribution >= 0.6 is 0 Å². The van der Waals surface area contributed by atoms with Crippen molar-refractivity contribution in [2.75, 3.05) is 27.7 Å². The van der Waals surface area contributed by atoms with Crippen molar-refractivity contribution in [1.82, 2.24) is 14.7 Å². The van der Waals surface area contributed by atoms with E-state index in [0.29, 0.717) is 67.6 Å². The maximum Gasteiger partial charge on any atom is 0.310 e. The van der Waals surface area contributed by atoms with Crippen LogP contribution in [0.1, 0.15) is 76.9 Å². The van der Waals surface area contributed by atoms with E-state index in [9.17, 15) is 29.1 Å². The number of ether oxygens (including phenoxy) is 3. The van der Waals surface area contributed by atoms with Crippen molar-refractivity contribution in [2.24, 2.45) is 0 Å². The van der Waals surface area contributed by atoms with Gasteiger partial charge in [0.2, 0.25) is 0 Å². The fraction of sp³-hybridized carbons (Fsp3) is 0.156. The summed E-state index contributed by atoms with van der Waals surface area (Å²) < 4.78 is 33.3. The number of amides is 3. The summed E-state index contributed by atoms with van der Waals surface area (Å²) in [6, 6.07) is 70.5. The van der Waals surface area contributed by atoms with E-state index < -0.39 is 5.97 Å². The molecule has 8 aromatic carbocycles. The number of hydrogen-bond acceptors (Lipinski definition) is 12. The largest absolute Gasteiger partial charge is 0.508 e. The van der Waals surface area contributed by atoms with Gasteiger partial charge in [-0.2, -0.15) is 0 Å². The van der Waals surface area contributed by atoms with Crippen molar-refractivity contribution < 1.29 is 61.6 Å². The zero-order chi connectivity index (χ0) is 65.5. The van der Waals surface area contributed by atoms with E-state index in [1.165, 1.54) is 0 Å². The van der Waals surface area contributed by atoms with Gasteiger partial charge in [0.1, 0.15) is 47.7 Å². The number of hydrogen-bond donors (Lipinski definition) is 2. The molecule has 0 aliphatic heterocycles. The second-order valence-electron chi connectivity index (χ2n) is 21.8. The molecule has 0 bridgehead atoms. The SMILES string of the molecule is CCOC(=O)Cc1cccc(COc2ccccc2CN(C)C(=O)c2ccc(-c3ccco3)cc2)c1.CN(Cc1ccccc1O)C(=O)c1ccc(-c2ccco2)cc1.CN(Cc1ccccc1OCc1cccc(CC(=O)O)c1)C(=O)c1ccc(-c2ccco2)cc1. The number of carbonyl (C=O) groups excluding carboxylic acids is 4. The Morgan fingerprint density at radius 3 is 1.12 bits per heavy atom. The topological polar surface area (TPSA) is 203 Å². The van der Waals surface area contributed by atoms with Crippen molar-refractivity contribution in [1.29, 1.82) is 0 Å². The fourth-order valence-electron chi connectivity index (χ4n) is 10.0. The molecule has 472 valence electrons. The lowest BCUT2D eigenvalue weighted by Gasteiger charge is -2.20. The molecule has 0 unspecified atom stereocenters. The molecule has 3 heterocycles. The Morgan fingerprint density at radius 1 is 0.398 bits per heavy atom. The molecule has 93 heavy (non-hydrogen) atoms. The summed E-state index contributed by atoms with van der Waals surface area (Å²) in [4.78, 5) is 66.1. The molecule has 0 saturated carbocycles. The predicted octanol–water partition coefficient (Wildman–Crippen LogP) is 15.3. The van der Waals surface area contributed by atoms with Crippen LogP contribution in [0.5, 0.6) is 17.2 Å². The standard InChI is InChI=1S/C30H29NO5.C28H25NO5.C19H17NO3/c1-3-34-29(32)19-22-8-6-9-23(18-22)21-36-28-11-5-4-10-26(28)20-31(2)30(33)25-15-13-24(14-16-25)27-12-7-17-35-27;1-29(28(32)23-13-11-22(12-14-23)25-10-5-15-33-25)18-24-8-2-3-9-26(24)34-19-21-7-4-6-20(16-21)17-27(30)31;1-20(13-16-5-2-3-6-17(16)21)19(22)15-10-8-14(9-11-15)18-7-4-12-23-18/h4-18H,3,19-21H2,1-2H3;2-16H,17-19H2,1H3,(H,30,31);2-12,21H,13H2,1H3. The third-order valence-electron chi connectivity index (χ3n) is 14.8. The molecule has 16 heteroatoms. The van der Waals surface area contributed by atoms with Crippen molar-refractivity contribution in [2.45, 2.75) is 52.6 Å². The Kier molecular flexibility index (Phi) is 23.1. The van der Waals surface area contributed by atoms with Crippen LogP contribution in [0, 0.1) is 0 Å². The normalized spacial score (nSPS) is 10.6. The second kappa shape index (κ2) is 32.7. The zero-order valence-electron chi connectivity index (χ0n) is 52.1. The van der Waals surface area contributed by atoms with Crippen LogP contribution in [-0.2, 0) is 60.0 Å². The summed E-state index contributed by atoms with van der Waals surface area (Å²) in [5, 5.41) is 18.8. The lowest BCUT2D eigenvalue weighted by Crippen LogP contribution is -2.26. The highest BCUT2D eigenvalue weighted by Gasteiger charge is 2.19. The number of carboxylic acid groups (broad SMARTS) is 1. The third-order valence-corrected chi connectivity index (χ3v) is 14.8. The maximum atomic E-state index is 13.0. The van der Waals surface area contributed by atoms with Crippen LogP contribution in [0.25, 0.3) is 34.0 Å². The van der Waals surface area contributed by atoms with Crippen LogP contribution < -0.4 is 9.47 Å². The fourth-order valence-corrected chi connectivity index (χ4v) is 10.0. The van der Waals surface area contributed by atoms with E-state index >= 15 is 0 Å². The molecule has 11 aromatic rings. The molecule has 0 aliphatic carbocycles. The van der Waals surface area contributed by atoms with Gasteiger partial charge in [0.15, 0.2) is 0 Å². The first-order chi connectivity index (χ1) is 45.2. The van der Waals surface area contributed by atoms with Gasteiger partial charge in [0.25, 0.3) is 17.7 Å². The molecule has 2 N–H and O–H groups in total. The average molecular weight is 1250 g/mol. The van der Waals surface area contributed by atoms with Crippen molar-refractivity contribution in [3.63, 3.8) is 0 Å². The number of furan rings is 3. The minimum Gasteiger partial charge on any atom is -0.508 e. The van der Waals surface area contributed by atoms with Crippen LogP contribution in [0.2, 0.25) is 0 Å². The van der Waals surface area contributed by atoms with Crippen molar-refractivity contribution in [3.8, 4) is 51.2 Å². The molecule has 0 fully saturated rings. The molecule has 0 atom stereocenters. The molecule has 16 nitrogen and oxygen atoms in total. The Hall–Kier alpha value is -11.7. The molecule has 0 saturated heterocycles. The Bertz CT molecular complexity index is 4200. The van der Waals surface area contributed by atoms with Gasteiger partial charge in [-0.25, -0.2) is 0 Å². The Balaban J connectivity index is 0.000000169. The molecule has 3 aromatic heterocycles. The smallest absolute Gasteiger partial charge is 0.310 e.